The molecule has 1 aliphatic carbocycles. The molecule has 1 amide bonds. The molecule has 4 heteroatoms. The molecule has 1 aliphatic rings. The van der Waals surface area contributed by atoms with Gasteiger partial charge in [-0.15, -0.1) is 0 Å². The van der Waals surface area contributed by atoms with Crippen molar-refractivity contribution in [3.8, 4) is 0 Å². The van der Waals surface area contributed by atoms with Gasteiger partial charge in [0.15, 0.2) is 0 Å². The van der Waals surface area contributed by atoms with Crippen LogP contribution in [0.25, 0.3) is 0 Å². The number of amides is 1. The minimum absolute atomic E-state index is 0.138. The zero-order valence-electron chi connectivity index (χ0n) is 10.2. The van der Waals surface area contributed by atoms with Gasteiger partial charge in [0.1, 0.15) is 0 Å². The molecule has 0 spiro atoms. The summed E-state index contributed by atoms with van der Waals surface area (Å²) in [5.74, 6) is 0.198. The number of rotatable bonds is 6. The van der Waals surface area contributed by atoms with E-state index in [1.807, 2.05) is 11.8 Å². The molecular weight excluding hydrogens is 204 g/mol. The third-order valence-corrected chi connectivity index (χ3v) is 3.66. The summed E-state index contributed by atoms with van der Waals surface area (Å²) in [5.41, 5.74) is 5.49. The van der Waals surface area contributed by atoms with Crippen molar-refractivity contribution >= 4 is 5.91 Å². The van der Waals surface area contributed by atoms with E-state index in [2.05, 4.69) is 0 Å². The van der Waals surface area contributed by atoms with Crippen LogP contribution in [0.4, 0.5) is 0 Å². The van der Waals surface area contributed by atoms with E-state index in [0.717, 1.165) is 25.7 Å². The molecule has 0 aliphatic heterocycles. The summed E-state index contributed by atoms with van der Waals surface area (Å²) in [7, 11) is 0. The van der Waals surface area contributed by atoms with Crippen LogP contribution in [0.2, 0.25) is 0 Å². The molecule has 0 bridgehead atoms. The van der Waals surface area contributed by atoms with Crippen LogP contribution in [-0.4, -0.2) is 42.2 Å². The first kappa shape index (κ1) is 13.5. The van der Waals surface area contributed by atoms with Gasteiger partial charge in [-0.2, -0.15) is 0 Å². The summed E-state index contributed by atoms with van der Waals surface area (Å²) in [5, 5.41) is 8.82. The molecule has 0 saturated heterocycles. The molecule has 0 radical (unpaired) electrons. The third-order valence-electron chi connectivity index (χ3n) is 3.66. The minimum Gasteiger partial charge on any atom is -0.396 e. The Balaban J connectivity index is 2.64. The van der Waals surface area contributed by atoms with Crippen LogP contribution >= 0.6 is 0 Å². The van der Waals surface area contributed by atoms with Gasteiger partial charge < -0.3 is 15.7 Å². The number of carbonyl (C=O) groups is 1. The van der Waals surface area contributed by atoms with E-state index in [1.54, 1.807) is 0 Å². The molecule has 94 valence electrons. The zero-order chi connectivity index (χ0) is 12.0. The summed E-state index contributed by atoms with van der Waals surface area (Å²) < 4.78 is 0. The highest BCUT2D eigenvalue weighted by atomic mass is 16.3. The fraction of sp³-hybridized carbons (Fsp3) is 0.917. The molecule has 0 atom stereocenters. The molecule has 0 unspecified atom stereocenters. The summed E-state index contributed by atoms with van der Waals surface area (Å²) in [6.07, 6.45) is 4.73. The van der Waals surface area contributed by atoms with Gasteiger partial charge in [-0.3, -0.25) is 4.79 Å². The largest absolute Gasteiger partial charge is 0.396 e. The normalized spacial score (nSPS) is 18.7. The van der Waals surface area contributed by atoms with Crippen molar-refractivity contribution in [3.63, 3.8) is 0 Å². The number of nitrogens with zero attached hydrogens (tertiary/aromatic N) is 1. The first-order chi connectivity index (χ1) is 7.70. The van der Waals surface area contributed by atoms with Gasteiger partial charge in [0, 0.05) is 26.2 Å². The summed E-state index contributed by atoms with van der Waals surface area (Å²) >= 11 is 0. The Morgan fingerprint density at radius 3 is 2.50 bits per heavy atom. The van der Waals surface area contributed by atoms with Crippen molar-refractivity contribution in [3.05, 3.63) is 0 Å². The lowest BCUT2D eigenvalue weighted by Gasteiger charge is -2.32. The molecule has 1 rings (SSSR count). The van der Waals surface area contributed by atoms with Crippen LogP contribution in [0.15, 0.2) is 0 Å². The zero-order valence-corrected chi connectivity index (χ0v) is 10.2. The lowest BCUT2D eigenvalue weighted by molar-refractivity contribution is -0.141. The second-order valence-electron chi connectivity index (χ2n) is 4.65. The van der Waals surface area contributed by atoms with E-state index >= 15 is 0 Å². The quantitative estimate of drug-likeness (QED) is 0.704. The Kier molecular flexibility index (Phi) is 5.22. The number of nitrogens with two attached hydrogens (primary N) is 1. The van der Waals surface area contributed by atoms with Crippen molar-refractivity contribution in [2.75, 3.05) is 26.2 Å². The van der Waals surface area contributed by atoms with E-state index in [1.165, 1.54) is 0 Å². The lowest BCUT2D eigenvalue weighted by Crippen LogP contribution is -2.47. The van der Waals surface area contributed by atoms with E-state index in [4.69, 9.17) is 10.8 Å². The fourth-order valence-corrected chi connectivity index (χ4v) is 2.56. The first-order valence-corrected chi connectivity index (χ1v) is 6.30. The van der Waals surface area contributed by atoms with Gasteiger partial charge in [-0.1, -0.05) is 12.8 Å². The highest BCUT2D eigenvalue weighted by molar-refractivity contribution is 5.83. The predicted octanol–water partition coefficient (Wildman–Crippen LogP) is 0.736. The Hall–Kier alpha value is -0.610. The monoisotopic (exact) mass is 228 g/mol. The van der Waals surface area contributed by atoms with Crippen molar-refractivity contribution in [2.45, 2.75) is 39.0 Å². The standard InChI is InChI=1S/C12H24N2O2/c1-2-14(8-5-9-15)11(16)12(10-13)6-3-4-7-12/h15H,2-10,13H2,1H3. The molecular formula is C12H24N2O2. The maximum atomic E-state index is 12.4. The molecule has 0 aromatic heterocycles. The molecule has 1 saturated carbocycles. The first-order valence-electron chi connectivity index (χ1n) is 6.30. The van der Waals surface area contributed by atoms with E-state index in [-0.39, 0.29) is 17.9 Å². The molecule has 1 fully saturated rings. The van der Waals surface area contributed by atoms with Gasteiger partial charge >= 0.3 is 0 Å². The topological polar surface area (TPSA) is 66.6 Å². The van der Waals surface area contributed by atoms with Crippen molar-refractivity contribution in [1.82, 2.24) is 4.90 Å². The van der Waals surface area contributed by atoms with Crippen molar-refractivity contribution in [1.29, 1.82) is 0 Å². The fourth-order valence-electron chi connectivity index (χ4n) is 2.56. The number of carbonyl (C=O) groups excluding carboxylic acids is 1. The molecule has 0 aromatic carbocycles. The second kappa shape index (κ2) is 6.21. The lowest BCUT2D eigenvalue weighted by atomic mass is 9.84. The maximum absolute atomic E-state index is 12.4. The SMILES string of the molecule is CCN(CCCO)C(=O)C1(CN)CCCC1. The van der Waals surface area contributed by atoms with Crippen molar-refractivity contribution < 1.29 is 9.90 Å². The highest BCUT2D eigenvalue weighted by Gasteiger charge is 2.41. The van der Waals surface area contributed by atoms with E-state index in [9.17, 15) is 4.79 Å². The number of aliphatic hydroxyl groups is 1. The number of hydrogen-bond acceptors (Lipinski definition) is 3. The van der Waals surface area contributed by atoms with Crippen LogP contribution in [0.3, 0.4) is 0 Å². The van der Waals surface area contributed by atoms with Gasteiger partial charge in [-0.25, -0.2) is 0 Å². The van der Waals surface area contributed by atoms with Gasteiger partial charge in [0.2, 0.25) is 5.91 Å². The molecule has 3 N–H and O–H groups in total. The maximum Gasteiger partial charge on any atom is 0.230 e. The Morgan fingerprint density at radius 1 is 1.44 bits per heavy atom. The van der Waals surface area contributed by atoms with Crippen LogP contribution in [-0.2, 0) is 4.79 Å². The predicted molar refractivity (Wildman–Crippen MR) is 63.9 cm³/mol. The van der Waals surface area contributed by atoms with Crippen LogP contribution in [0.5, 0.6) is 0 Å². The summed E-state index contributed by atoms with van der Waals surface area (Å²) in [6, 6.07) is 0. The van der Waals surface area contributed by atoms with Crippen molar-refractivity contribution in [2.24, 2.45) is 11.1 Å². The van der Waals surface area contributed by atoms with Crippen LogP contribution < -0.4 is 5.73 Å². The molecule has 0 heterocycles. The second-order valence-corrected chi connectivity index (χ2v) is 4.65. The summed E-state index contributed by atoms with van der Waals surface area (Å²) in [6.45, 7) is 3.93. The molecule has 16 heavy (non-hydrogen) atoms. The Morgan fingerprint density at radius 2 is 2.06 bits per heavy atom. The van der Waals surface area contributed by atoms with E-state index < -0.39 is 0 Å². The smallest absolute Gasteiger partial charge is 0.230 e. The third kappa shape index (κ3) is 2.74. The van der Waals surface area contributed by atoms with Crippen LogP contribution in [0.1, 0.15) is 39.0 Å². The highest BCUT2D eigenvalue weighted by Crippen LogP contribution is 2.38. The Bertz CT molecular complexity index is 225. The van der Waals surface area contributed by atoms with E-state index in [0.29, 0.717) is 26.1 Å². The number of aliphatic hydroxyl groups excluding tert-OH is 1. The number of hydrogen-bond donors (Lipinski definition) is 2. The van der Waals surface area contributed by atoms with Gasteiger partial charge in [-0.05, 0) is 26.2 Å². The average Bonchev–Trinajstić information content (AvgIpc) is 2.79. The molecule has 0 aromatic rings. The summed E-state index contributed by atoms with van der Waals surface area (Å²) in [4.78, 5) is 14.2. The molecule has 4 nitrogen and oxygen atoms in total. The Labute approximate surface area is 97.8 Å². The van der Waals surface area contributed by atoms with Gasteiger partial charge in [0.05, 0.1) is 5.41 Å². The van der Waals surface area contributed by atoms with Gasteiger partial charge in [0.25, 0.3) is 0 Å². The average molecular weight is 228 g/mol. The minimum atomic E-state index is -0.300. The van der Waals surface area contributed by atoms with Crippen LogP contribution in [0, 0.1) is 5.41 Å².